The largest absolute Gasteiger partial charge is 0.419 e. The van der Waals surface area contributed by atoms with Crippen LogP contribution in [0, 0.1) is 11.7 Å². The molecule has 122 valence electrons. The van der Waals surface area contributed by atoms with Gasteiger partial charge < -0.3 is 15.4 Å². The molecule has 0 spiro atoms. The quantitative estimate of drug-likeness (QED) is 0.839. The fraction of sp³-hybridized carbons (Fsp3) is 0.500. The molecular weight excluding hydrogens is 304 g/mol. The summed E-state index contributed by atoms with van der Waals surface area (Å²) in [4.78, 5) is 11.7. The van der Waals surface area contributed by atoms with Crippen LogP contribution in [0.5, 0.6) is 0 Å². The van der Waals surface area contributed by atoms with Gasteiger partial charge in [-0.2, -0.15) is 13.2 Å². The number of urea groups is 1. The number of nitrogens with one attached hydrogen (secondary N) is 2. The molecule has 0 atom stereocenters. The standard InChI is InChI=1S/C14H16F4N2O2/c15-12-10(14(16,17)18)2-1-3-11(12)20-13(21)19-8-9-4-6-22-7-5-9/h1-3,9H,4-8H2,(H2,19,20,21). The van der Waals surface area contributed by atoms with Crippen LogP contribution in [0.25, 0.3) is 0 Å². The number of hydrogen-bond acceptors (Lipinski definition) is 2. The van der Waals surface area contributed by atoms with Gasteiger partial charge in [-0.05, 0) is 30.9 Å². The van der Waals surface area contributed by atoms with E-state index < -0.39 is 29.3 Å². The number of anilines is 1. The highest BCUT2D eigenvalue weighted by Crippen LogP contribution is 2.33. The van der Waals surface area contributed by atoms with Gasteiger partial charge in [-0.25, -0.2) is 9.18 Å². The molecule has 1 aliphatic heterocycles. The molecule has 1 heterocycles. The molecule has 2 N–H and O–H groups in total. The zero-order chi connectivity index (χ0) is 16.2. The highest BCUT2D eigenvalue weighted by Gasteiger charge is 2.35. The van der Waals surface area contributed by atoms with Crippen molar-refractivity contribution in [3.8, 4) is 0 Å². The second-order valence-corrected chi connectivity index (χ2v) is 5.06. The molecular formula is C14H16F4N2O2. The molecule has 0 radical (unpaired) electrons. The first-order valence-electron chi connectivity index (χ1n) is 6.86. The normalized spacial score (nSPS) is 16.4. The number of benzene rings is 1. The number of rotatable bonds is 3. The average molecular weight is 320 g/mol. The van der Waals surface area contributed by atoms with E-state index in [2.05, 4.69) is 10.6 Å². The zero-order valence-electron chi connectivity index (χ0n) is 11.7. The van der Waals surface area contributed by atoms with Crippen molar-refractivity contribution < 1.29 is 27.1 Å². The molecule has 22 heavy (non-hydrogen) atoms. The molecule has 1 saturated heterocycles. The summed E-state index contributed by atoms with van der Waals surface area (Å²) in [7, 11) is 0. The van der Waals surface area contributed by atoms with Crippen LogP contribution in [0.1, 0.15) is 18.4 Å². The molecule has 1 aliphatic rings. The van der Waals surface area contributed by atoms with Crippen molar-refractivity contribution in [2.75, 3.05) is 25.1 Å². The van der Waals surface area contributed by atoms with Gasteiger partial charge in [0.05, 0.1) is 11.3 Å². The summed E-state index contributed by atoms with van der Waals surface area (Å²) in [6.07, 6.45) is -3.20. The molecule has 0 aliphatic carbocycles. The first-order chi connectivity index (χ1) is 10.4. The van der Waals surface area contributed by atoms with E-state index in [1.54, 1.807) is 0 Å². The van der Waals surface area contributed by atoms with Crippen molar-refractivity contribution in [2.24, 2.45) is 5.92 Å². The maximum absolute atomic E-state index is 13.7. The molecule has 8 heteroatoms. The van der Waals surface area contributed by atoms with Crippen molar-refractivity contribution in [2.45, 2.75) is 19.0 Å². The summed E-state index contributed by atoms with van der Waals surface area (Å²) in [5.74, 6) is -1.23. The Morgan fingerprint density at radius 2 is 1.95 bits per heavy atom. The van der Waals surface area contributed by atoms with Crippen LogP contribution in [0.4, 0.5) is 28.0 Å². The summed E-state index contributed by atoms with van der Waals surface area (Å²) in [6.45, 7) is 1.61. The smallest absolute Gasteiger partial charge is 0.381 e. The van der Waals surface area contributed by atoms with Crippen LogP contribution in [-0.2, 0) is 10.9 Å². The lowest BCUT2D eigenvalue weighted by atomic mass is 10.0. The van der Waals surface area contributed by atoms with E-state index in [-0.39, 0.29) is 5.92 Å². The lowest BCUT2D eigenvalue weighted by Crippen LogP contribution is -2.35. The van der Waals surface area contributed by atoms with Crippen molar-refractivity contribution in [3.63, 3.8) is 0 Å². The third-order valence-corrected chi connectivity index (χ3v) is 3.44. The Bertz CT molecular complexity index is 528. The average Bonchev–Trinajstić information content (AvgIpc) is 2.47. The third-order valence-electron chi connectivity index (χ3n) is 3.44. The van der Waals surface area contributed by atoms with E-state index in [9.17, 15) is 22.4 Å². The first kappa shape index (κ1) is 16.5. The van der Waals surface area contributed by atoms with Gasteiger partial charge in [-0.1, -0.05) is 6.07 Å². The predicted octanol–water partition coefficient (Wildman–Crippen LogP) is 3.39. The van der Waals surface area contributed by atoms with Crippen molar-refractivity contribution in [1.82, 2.24) is 5.32 Å². The molecule has 2 rings (SSSR count). The zero-order valence-corrected chi connectivity index (χ0v) is 11.7. The van der Waals surface area contributed by atoms with Gasteiger partial charge in [0.2, 0.25) is 0 Å². The Hall–Kier alpha value is -1.83. The number of amides is 2. The molecule has 1 aromatic rings. The summed E-state index contributed by atoms with van der Waals surface area (Å²) >= 11 is 0. The van der Waals surface area contributed by atoms with Crippen LogP contribution in [-0.4, -0.2) is 25.8 Å². The highest BCUT2D eigenvalue weighted by atomic mass is 19.4. The molecule has 0 saturated carbocycles. The summed E-state index contributed by atoms with van der Waals surface area (Å²) in [6, 6.07) is 2.02. The Morgan fingerprint density at radius 3 is 2.59 bits per heavy atom. The third kappa shape index (κ3) is 4.33. The number of carbonyl (C=O) groups is 1. The van der Waals surface area contributed by atoms with E-state index in [1.165, 1.54) is 0 Å². The van der Waals surface area contributed by atoms with Crippen molar-refractivity contribution >= 4 is 11.7 Å². The van der Waals surface area contributed by atoms with Gasteiger partial charge in [-0.3, -0.25) is 0 Å². The molecule has 0 aromatic heterocycles. The Labute approximate surface area is 124 Å². The highest BCUT2D eigenvalue weighted by molar-refractivity contribution is 5.89. The van der Waals surface area contributed by atoms with Crippen LogP contribution in [0.15, 0.2) is 18.2 Å². The maximum Gasteiger partial charge on any atom is 0.419 e. The Morgan fingerprint density at radius 1 is 1.27 bits per heavy atom. The van der Waals surface area contributed by atoms with Gasteiger partial charge in [0.15, 0.2) is 5.82 Å². The number of ether oxygens (including phenoxy) is 1. The monoisotopic (exact) mass is 320 g/mol. The maximum atomic E-state index is 13.7. The second-order valence-electron chi connectivity index (χ2n) is 5.06. The number of halogens is 4. The van der Waals surface area contributed by atoms with Crippen LogP contribution >= 0.6 is 0 Å². The van der Waals surface area contributed by atoms with Crippen molar-refractivity contribution in [3.05, 3.63) is 29.6 Å². The van der Waals surface area contributed by atoms with Crippen molar-refractivity contribution in [1.29, 1.82) is 0 Å². The number of alkyl halides is 3. The van der Waals surface area contributed by atoms with Gasteiger partial charge in [-0.15, -0.1) is 0 Å². The molecule has 1 fully saturated rings. The predicted molar refractivity (Wildman–Crippen MR) is 72.0 cm³/mol. The minimum atomic E-state index is -4.81. The van der Waals surface area contributed by atoms with Crippen LogP contribution in [0.3, 0.4) is 0 Å². The number of hydrogen-bond donors (Lipinski definition) is 2. The van der Waals surface area contributed by atoms with E-state index in [0.717, 1.165) is 25.0 Å². The SMILES string of the molecule is O=C(NCC1CCOCC1)Nc1cccc(C(F)(F)F)c1F. The van der Waals surface area contributed by atoms with Gasteiger partial charge >= 0.3 is 12.2 Å². The molecule has 0 unspecified atom stereocenters. The molecule has 4 nitrogen and oxygen atoms in total. The minimum absolute atomic E-state index is 0.255. The molecule has 2 amide bonds. The lowest BCUT2D eigenvalue weighted by Gasteiger charge is -2.22. The van der Waals surface area contributed by atoms with Gasteiger partial charge in [0.1, 0.15) is 0 Å². The fourth-order valence-electron chi connectivity index (χ4n) is 2.20. The Balaban J connectivity index is 1.94. The van der Waals surface area contributed by atoms with Crippen LogP contribution in [0.2, 0.25) is 0 Å². The van der Waals surface area contributed by atoms with Gasteiger partial charge in [0, 0.05) is 19.8 Å². The van der Waals surface area contributed by atoms with Gasteiger partial charge in [0.25, 0.3) is 0 Å². The van der Waals surface area contributed by atoms with E-state index in [0.29, 0.717) is 25.8 Å². The lowest BCUT2D eigenvalue weighted by molar-refractivity contribution is -0.139. The summed E-state index contributed by atoms with van der Waals surface area (Å²) in [5, 5.41) is 4.64. The topological polar surface area (TPSA) is 50.4 Å². The fourth-order valence-corrected chi connectivity index (χ4v) is 2.20. The van der Waals surface area contributed by atoms with E-state index in [4.69, 9.17) is 4.74 Å². The summed E-state index contributed by atoms with van der Waals surface area (Å²) in [5.41, 5.74) is -1.91. The molecule has 0 bridgehead atoms. The van der Waals surface area contributed by atoms with E-state index >= 15 is 0 Å². The first-order valence-corrected chi connectivity index (χ1v) is 6.86. The van der Waals surface area contributed by atoms with E-state index in [1.807, 2.05) is 0 Å². The van der Waals surface area contributed by atoms with Crippen LogP contribution < -0.4 is 10.6 Å². The summed E-state index contributed by atoms with van der Waals surface area (Å²) < 4.78 is 56.7. The number of carbonyl (C=O) groups excluding carboxylic acids is 1. The molecule has 1 aromatic carbocycles. The minimum Gasteiger partial charge on any atom is -0.381 e. The second kappa shape index (κ2) is 6.95. The Kier molecular flexibility index (Phi) is 5.23.